The summed E-state index contributed by atoms with van der Waals surface area (Å²) in [5.74, 6) is 0. The number of aliphatic hydroxyl groups is 1. The van der Waals surface area contributed by atoms with Gasteiger partial charge in [-0.15, -0.1) is 0 Å². The fraction of sp³-hybridized carbons (Fsp3) is 1.00. The molecule has 3 N–H and O–H groups in total. The fourth-order valence-electron chi connectivity index (χ4n) is 1.77. The van der Waals surface area contributed by atoms with Crippen LogP contribution in [-0.4, -0.2) is 17.8 Å². The summed E-state index contributed by atoms with van der Waals surface area (Å²) in [6.45, 7) is 2.41. The molecule has 10 heavy (non-hydrogen) atoms. The van der Waals surface area contributed by atoms with Gasteiger partial charge in [0.1, 0.15) is 0 Å². The molecule has 1 rings (SSSR count). The van der Waals surface area contributed by atoms with Crippen LogP contribution >= 0.6 is 0 Å². The Morgan fingerprint density at radius 1 is 1.70 bits per heavy atom. The van der Waals surface area contributed by atoms with Crippen molar-refractivity contribution < 1.29 is 5.11 Å². The maximum atomic E-state index is 9.01. The van der Waals surface area contributed by atoms with E-state index < -0.39 is 0 Å². The zero-order valence-electron chi connectivity index (χ0n) is 6.64. The van der Waals surface area contributed by atoms with Crippen LogP contribution < -0.4 is 5.73 Å². The van der Waals surface area contributed by atoms with Crippen molar-refractivity contribution in [3.8, 4) is 0 Å². The van der Waals surface area contributed by atoms with Crippen molar-refractivity contribution in [2.75, 3.05) is 6.61 Å². The average molecular weight is 143 g/mol. The summed E-state index contributed by atoms with van der Waals surface area (Å²) in [5.41, 5.74) is 5.90. The third kappa shape index (κ3) is 1.70. The molecule has 0 amide bonds. The highest BCUT2D eigenvalue weighted by molar-refractivity contribution is 4.83. The molecule has 60 valence electrons. The first-order valence-electron chi connectivity index (χ1n) is 4.03. The third-order valence-electron chi connectivity index (χ3n) is 2.49. The predicted octanol–water partition coefficient (Wildman–Crippen LogP) is 0.886. The molecule has 1 aliphatic carbocycles. The molecule has 0 bridgehead atoms. The molecule has 2 nitrogen and oxygen atoms in total. The van der Waals surface area contributed by atoms with Crippen molar-refractivity contribution in [3.05, 3.63) is 0 Å². The molecule has 2 unspecified atom stereocenters. The summed E-state index contributed by atoms with van der Waals surface area (Å²) < 4.78 is 0. The molecule has 0 spiro atoms. The van der Waals surface area contributed by atoms with E-state index in [4.69, 9.17) is 10.8 Å². The Balaban J connectivity index is 2.45. The van der Waals surface area contributed by atoms with E-state index in [-0.39, 0.29) is 5.41 Å². The van der Waals surface area contributed by atoms with Crippen LogP contribution in [0.3, 0.4) is 0 Å². The number of nitrogens with two attached hydrogens (primary N) is 1. The van der Waals surface area contributed by atoms with Gasteiger partial charge in [0.15, 0.2) is 0 Å². The van der Waals surface area contributed by atoms with E-state index in [1.54, 1.807) is 0 Å². The summed E-state index contributed by atoms with van der Waals surface area (Å²) >= 11 is 0. The first-order chi connectivity index (χ1) is 4.66. The Morgan fingerprint density at radius 3 is 2.80 bits per heavy atom. The van der Waals surface area contributed by atoms with E-state index >= 15 is 0 Å². The van der Waals surface area contributed by atoms with Crippen molar-refractivity contribution in [3.63, 3.8) is 0 Å². The maximum Gasteiger partial charge on any atom is 0.0485 e. The molecule has 1 fully saturated rings. The molecular weight excluding hydrogens is 126 g/mol. The van der Waals surface area contributed by atoms with Crippen LogP contribution in [0.4, 0.5) is 0 Å². The quantitative estimate of drug-likeness (QED) is 0.572. The molecule has 0 aliphatic heterocycles. The predicted molar refractivity (Wildman–Crippen MR) is 41.6 cm³/mol. The molecule has 0 radical (unpaired) electrons. The SMILES string of the molecule is CC1(CO)CCCC(N)C1. The lowest BCUT2D eigenvalue weighted by molar-refractivity contribution is 0.0916. The molecule has 0 saturated heterocycles. The normalized spacial score (nSPS) is 41.7. The van der Waals surface area contributed by atoms with Gasteiger partial charge in [-0.2, -0.15) is 0 Å². The number of rotatable bonds is 1. The second-order valence-corrected chi connectivity index (χ2v) is 3.83. The maximum absolute atomic E-state index is 9.01. The first kappa shape index (κ1) is 8.02. The topological polar surface area (TPSA) is 46.2 Å². The van der Waals surface area contributed by atoms with Gasteiger partial charge in [0.2, 0.25) is 0 Å². The molecule has 0 heterocycles. The minimum Gasteiger partial charge on any atom is -0.396 e. The van der Waals surface area contributed by atoms with Crippen molar-refractivity contribution in [2.45, 2.75) is 38.6 Å². The fourth-order valence-corrected chi connectivity index (χ4v) is 1.77. The van der Waals surface area contributed by atoms with Crippen molar-refractivity contribution in [1.29, 1.82) is 0 Å². The number of hydrogen-bond donors (Lipinski definition) is 2. The molecule has 0 aromatic carbocycles. The van der Waals surface area contributed by atoms with Gasteiger partial charge in [-0.3, -0.25) is 0 Å². The Labute approximate surface area is 62.4 Å². The second kappa shape index (κ2) is 2.89. The Bertz CT molecular complexity index is 116. The van der Waals surface area contributed by atoms with Gasteiger partial charge in [0.25, 0.3) is 0 Å². The van der Waals surface area contributed by atoms with E-state index in [1.165, 1.54) is 6.42 Å². The van der Waals surface area contributed by atoms with Crippen LogP contribution in [0.1, 0.15) is 32.6 Å². The zero-order valence-corrected chi connectivity index (χ0v) is 6.64. The summed E-state index contributed by atoms with van der Waals surface area (Å²) in [5, 5.41) is 9.01. The highest BCUT2D eigenvalue weighted by Crippen LogP contribution is 2.34. The van der Waals surface area contributed by atoms with E-state index in [1.807, 2.05) is 0 Å². The van der Waals surface area contributed by atoms with Gasteiger partial charge in [-0.1, -0.05) is 13.3 Å². The van der Waals surface area contributed by atoms with E-state index in [9.17, 15) is 0 Å². The molecule has 1 saturated carbocycles. The highest BCUT2D eigenvalue weighted by Gasteiger charge is 2.29. The van der Waals surface area contributed by atoms with Crippen LogP contribution in [0.25, 0.3) is 0 Å². The first-order valence-corrected chi connectivity index (χ1v) is 4.03. The van der Waals surface area contributed by atoms with Gasteiger partial charge in [0, 0.05) is 12.6 Å². The van der Waals surface area contributed by atoms with E-state index in [0.29, 0.717) is 12.6 Å². The summed E-state index contributed by atoms with van der Waals surface area (Å²) in [4.78, 5) is 0. The standard InChI is InChI=1S/C8H17NO/c1-8(6-10)4-2-3-7(9)5-8/h7,10H,2-6,9H2,1H3. The molecule has 0 aromatic rings. The second-order valence-electron chi connectivity index (χ2n) is 3.83. The molecule has 2 heteroatoms. The summed E-state index contributed by atoms with van der Waals surface area (Å²) in [6.07, 6.45) is 4.44. The van der Waals surface area contributed by atoms with Crippen LogP contribution in [0.15, 0.2) is 0 Å². The summed E-state index contributed by atoms with van der Waals surface area (Å²) in [7, 11) is 0. The average Bonchev–Trinajstić information content (AvgIpc) is 1.88. The number of aliphatic hydroxyl groups excluding tert-OH is 1. The van der Waals surface area contributed by atoms with Gasteiger partial charge < -0.3 is 10.8 Å². The van der Waals surface area contributed by atoms with Crippen LogP contribution in [-0.2, 0) is 0 Å². The smallest absolute Gasteiger partial charge is 0.0485 e. The van der Waals surface area contributed by atoms with Gasteiger partial charge in [-0.25, -0.2) is 0 Å². The van der Waals surface area contributed by atoms with Crippen molar-refractivity contribution in [2.24, 2.45) is 11.1 Å². The Kier molecular flexibility index (Phi) is 2.32. The third-order valence-corrected chi connectivity index (χ3v) is 2.49. The minimum absolute atomic E-state index is 0.123. The molecule has 0 aromatic heterocycles. The highest BCUT2D eigenvalue weighted by atomic mass is 16.3. The van der Waals surface area contributed by atoms with Crippen LogP contribution in [0, 0.1) is 5.41 Å². The van der Waals surface area contributed by atoms with E-state index in [2.05, 4.69) is 6.92 Å². The van der Waals surface area contributed by atoms with Gasteiger partial charge in [-0.05, 0) is 24.7 Å². The van der Waals surface area contributed by atoms with E-state index in [0.717, 1.165) is 19.3 Å². The summed E-state index contributed by atoms with van der Waals surface area (Å²) in [6, 6.07) is 0.325. The lowest BCUT2D eigenvalue weighted by Gasteiger charge is -2.34. The zero-order chi connectivity index (χ0) is 7.61. The minimum atomic E-state index is 0.123. The lowest BCUT2D eigenvalue weighted by Crippen LogP contribution is -2.36. The Hall–Kier alpha value is -0.0800. The largest absolute Gasteiger partial charge is 0.396 e. The molecular formula is C8H17NO. The Morgan fingerprint density at radius 2 is 2.40 bits per heavy atom. The number of hydrogen-bond acceptors (Lipinski definition) is 2. The molecule has 1 aliphatic rings. The monoisotopic (exact) mass is 143 g/mol. The van der Waals surface area contributed by atoms with Crippen LogP contribution in [0.2, 0.25) is 0 Å². The van der Waals surface area contributed by atoms with Crippen molar-refractivity contribution in [1.82, 2.24) is 0 Å². The van der Waals surface area contributed by atoms with Crippen molar-refractivity contribution >= 4 is 0 Å². The molecule has 2 atom stereocenters. The van der Waals surface area contributed by atoms with Gasteiger partial charge >= 0.3 is 0 Å². The van der Waals surface area contributed by atoms with Gasteiger partial charge in [0.05, 0.1) is 0 Å². The lowest BCUT2D eigenvalue weighted by atomic mass is 9.74. The van der Waals surface area contributed by atoms with Crippen LogP contribution in [0.5, 0.6) is 0 Å².